The van der Waals surface area contributed by atoms with Gasteiger partial charge in [-0.2, -0.15) is 0 Å². The number of nitrogens with one attached hydrogen (secondary N) is 2. The first-order valence-electron chi connectivity index (χ1n) is 8.73. The first-order chi connectivity index (χ1) is 14.1. The van der Waals surface area contributed by atoms with Gasteiger partial charge >= 0.3 is 13.2 Å². The summed E-state index contributed by atoms with van der Waals surface area (Å²) in [6.45, 7) is 0.390. The van der Waals surface area contributed by atoms with Crippen LogP contribution in [0.5, 0.6) is 5.75 Å². The lowest BCUT2D eigenvalue weighted by Crippen LogP contribution is -2.28. The monoisotopic (exact) mass is 408 g/mol. The molecular weight excluding hydrogens is 391 g/mol. The van der Waals surface area contributed by atoms with Gasteiger partial charge < -0.3 is 24.9 Å². The first kappa shape index (κ1) is 19.1. The lowest BCUT2D eigenvalue weighted by atomic mass is 9.79. The highest BCUT2D eigenvalue weighted by Crippen LogP contribution is 2.28. The molecule has 4 rings (SSSR count). The molecule has 1 aliphatic heterocycles. The Balaban J connectivity index is 1.45. The number of nitrogens with zero attached hydrogens (tertiary/aromatic N) is 1. The maximum Gasteiger partial charge on any atom is 0.491 e. The number of hydrogen-bond donors (Lipinski definition) is 4. The van der Waals surface area contributed by atoms with Gasteiger partial charge in [0.25, 0.3) is 0 Å². The summed E-state index contributed by atoms with van der Waals surface area (Å²) < 4.78 is 13.6. The van der Waals surface area contributed by atoms with Crippen LogP contribution in [-0.2, 0) is 11.3 Å². The number of pyridine rings is 1. The summed E-state index contributed by atoms with van der Waals surface area (Å²) in [5.74, 6) is 0.424. The summed E-state index contributed by atoms with van der Waals surface area (Å²) in [7, 11) is -0.920. The van der Waals surface area contributed by atoms with Gasteiger partial charge in [0, 0.05) is 17.6 Å². The normalized spacial score (nSPS) is 12.4. The van der Waals surface area contributed by atoms with E-state index in [0.717, 1.165) is 16.7 Å². The third-order valence-corrected chi connectivity index (χ3v) is 4.99. The Labute approximate surface area is 171 Å². The third kappa shape index (κ3) is 4.62. The Hall–Kier alpha value is -3.21. The fourth-order valence-electron chi connectivity index (χ4n) is 2.76. The van der Waals surface area contributed by atoms with Gasteiger partial charge in [0.1, 0.15) is 10.8 Å². The molecule has 0 aliphatic carbocycles. The van der Waals surface area contributed by atoms with Crippen molar-refractivity contribution in [1.29, 1.82) is 0 Å². The number of nitrogen functional groups attached to an aromatic ring is 1. The first-order valence-corrected chi connectivity index (χ1v) is 9.55. The zero-order chi connectivity index (χ0) is 20.2. The molecule has 2 aromatic carbocycles. The number of carbonyl (C=O) groups is 1. The van der Waals surface area contributed by atoms with Gasteiger partial charge in [-0.05, 0) is 41.4 Å². The average molecular weight is 408 g/mol. The van der Waals surface area contributed by atoms with Gasteiger partial charge in [-0.25, -0.2) is 9.78 Å². The van der Waals surface area contributed by atoms with Gasteiger partial charge in [0.2, 0.25) is 0 Å². The molecule has 0 radical (unpaired) electrons. The van der Waals surface area contributed by atoms with E-state index in [1.54, 1.807) is 30.3 Å². The van der Waals surface area contributed by atoms with Crippen LogP contribution in [0.3, 0.4) is 0 Å². The third-order valence-electron chi connectivity index (χ3n) is 4.14. The molecule has 1 amide bonds. The Bertz CT molecular complexity index is 1040. The number of rotatable bonds is 5. The van der Waals surface area contributed by atoms with Gasteiger partial charge in [-0.1, -0.05) is 24.3 Å². The number of fused-ring (bicyclic) bond motifs is 1. The topological polar surface area (TPSA) is 119 Å². The van der Waals surface area contributed by atoms with Crippen molar-refractivity contribution in [3.05, 3.63) is 66.4 Å². The van der Waals surface area contributed by atoms with Crippen LogP contribution in [0.4, 0.5) is 21.9 Å². The molecule has 0 atom stereocenters. The molecule has 0 unspecified atom stereocenters. The van der Waals surface area contributed by atoms with E-state index in [1.807, 2.05) is 24.3 Å². The van der Waals surface area contributed by atoms with Crippen LogP contribution in [0.15, 0.2) is 65.8 Å². The van der Waals surface area contributed by atoms with E-state index in [1.165, 1.54) is 18.1 Å². The Morgan fingerprint density at radius 3 is 2.90 bits per heavy atom. The molecule has 0 saturated carbocycles. The number of nitrogens with two attached hydrogens (primary N) is 1. The number of anilines is 3. The number of benzene rings is 2. The van der Waals surface area contributed by atoms with Crippen LogP contribution in [-0.4, -0.2) is 23.2 Å². The fraction of sp³-hybridized carbons (Fsp3) is 0.0526. The molecule has 1 aromatic heterocycles. The van der Waals surface area contributed by atoms with Crippen LogP contribution in [0.25, 0.3) is 0 Å². The largest absolute Gasteiger partial charge is 0.491 e. The van der Waals surface area contributed by atoms with Crippen molar-refractivity contribution in [2.24, 2.45) is 0 Å². The van der Waals surface area contributed by atoms with Gasteiger partial charge in [0.05, 0.1) is 24.2 Å². The van der Waals surface area contributed by atoms with Crippen molar-refractivity contribution in [3.8, 4) is 5.75 Å². The van der Waals surface area contributed by atoms with Crippen molar-refractivity contribution in [2.45, 2.75) is 11.6 Å². The maximum absolute atomic E-state index is 12.2. The van der Waals surface area contributed by atoms with Gasteiger partial charge in [-0.3, -0.25) is 5.32 Å². The quantitative estimate of drug-likeness (QED) is 0.376. The van der Waals surface area contributed by atoms with E-state index in [0.29, 0.717) is 28.8 Å². The fourth-order valence-corrected chi connectivity index (χ4v) is 3.42. The van der Waals surface area contributed by atoms with E-state index in [4.69, 9.17) is 15.1 Å². The molecule has 0 saturated heterocycles. The molecule has 5 N–H and O–H groups in total. The second-order valence-electron chi connectivity index (χ2n) is 6.23. The molecule has 0 bridgehead atoms. The molecule has 0 spiro atoms. The van der Waals surface area contributed by atoms with Gasteiger partial charge in [0.15, 0.2) is 0 Å². The summed E-state index contributed by atoms with van der Waals surface area (Å²) >= 11 is 1.19. The minimum atomic E-state index is -0.920. The molecule has 2 heterocycles. The van der Waals surface area contributed by atoms with E-state index < -0.39 is 13.2 Å². The predicted octanol–water partition coefficient (Wildman–Crippen LogP) is 2.61. The summed E-state index contributed by atoms with van der Waals surface area (Å²) in [4.78, 5) is 16.5. The zero-order valence-corrected chi connectivity index (χ0v) is 16.0. The van der Waals surface area contributed by atoms with Crippen LogP contribution >= 0.6 is 11.9 Å². The molecule has 0 fully saturated rings. The van der Waals surface area contributed by atoms with Crippen molar-refractivity contribution in [2.75, 3.05) is 15.8 Å². The lowest BCUT2D eigenvalue weighted by molar-refractivity contribution is 0.215. The minimum Gasteiger partial charge on any atom is -0.423 e. The van der Waals surface area contributed by atoms with E-state index in [2.05, 4.69) is 15.0 Å². The van der Waals surface area contributed by atoms with Crippen LogP contribution < -0.4 is 26.0 Å². The maximum atomic E-state index is 12.2. The van der Waals surface area contributed by atoms with Crippen molar-refractivity contribution < 1.29 is 19.2 Å². The zero-order valence-electron chi connectivity index (χ0n) is 15.2. The summed E-state index contributed by atoms with van der Waals surface area (Å²) in [6, 6.07) is 15.9. The highest BCUT2D eigenvalue weighted by molar-refractivity contribution is 8.00. The average Bonchev–Trinajstić information content (AvgIpc) is 3.08. The summed E-state index contributed by atoms with van der Waals surface area (Å²) in [5.41, 5.74) is 9.06. The lowest BCUT2D eigenvalue weighted by Gasteiger charge is -2.12. The standard InChI is InChI=1S/C19H17BN4O4S/c21-13-8-17(23-19(25)28-15-4-2-1-3-5-15)18(22-10-13)29-24-14-7-6-12-11-27-20(26)16(12)9-14/h1-10,24,26H,11,21H2,(H,23,25). The smallest absolute Gasteiger partial charge is 0.423 e. The van der Waals surface area contributed by atoms with Crippen LogP contribution in [0.2, 0.25) is 0 Å². The van der Waals surface area contributed by atoms with E-state index >= 15 is 0 Å². The number of hydrogen-bond acceptors (Lipinski definition) is 8. The van der Waals surface area contributed by atoms with Crippen molar-refractivity contribution in [1.82, 2.24) is 4.98 Å². The molecule has 1 aliphatic rings. The van der Waals surface area contributed by atoms with Crippen LogP contribution in [0, 0.1) is 0 Å². The highest BCUT2D eigenvalue weighted by atomic mass is 32.2. The molecular formula is C19H17BN4O4S. The van der Waals surface area contributed by atoms with Gasteiger partial charge in [-0.15, -0.1) is 0 Å². The summed E-state index contributed by atoms with van der Waals surface area (Å²) in [5, 5.41) is 13.0. The molecule has 10 heteroatoms. The number of aromatic nitrogens is 1. The Kier molecular flexibility index (Phi) is 5.56. The number of para-hydroxylation sites is 1. The highest BCUT2D eigenvalue weighted by Gasteiger charge is 2.27. The molecule has 8 nitrogen and oxygen atoms in total. The predicted molar refractivity (Wildman–Crippen MR) is 113 cm³/mol. The molecule has 146 valence electrons. The number of amides is 1. The molecule has 29 heavy (non-hydrogen) atoms. The SMILES string of the molecule is Nc1cnc(SNc2ccc3c(c2)B(O)OC3)c(NC(=O)Oc2ccccc2)c1. The molecule has 3 aromatic rings. The van der Waals surface area contributed by atoms with Crippen LogP contribution in [0.1, 0.15) is 5.56 Å². The minimum absolute atomic E-state index is 0.390. The Morgan fingerprint density at radius 2 is 2.07 bits per heavy atom. The van der Waals surface area contributed by atoms with Crippen molar-refractivity contribution >= 4 is 47.7 Å². The number of carbonyl (C=O) groups excluding carboxylic acids is 1. The number of ether oxygens (including phenoxy) is 1. The summed E-state index contributed by atoms with van der Waals surface area (Å²) in [6.07, 6.45) is 0.848. The van der Waals surface area contributed by atoms with E-state index in [9.17, 15) is 9.82 Å². The van der Waals surface area contributed by atoms with E-state index in [-0.39, 0.29) is 0 Å². The second kappa shape index (κ2) is 8.44. The Morgan fingerprint density at radius 1 is 1.24 bits per heavy atom. The van der Waals surface area contributed by atoms with Crippen molar-refractivity contribution in [3.63, 3.8) is 0 Å². The second-order valence-corrected chi connectivity index (χ2v) is 7.02.